The predicted octanol–water partition coefficient (Wildman–Crippen LogP) is 2.24. The van der Waals surface area contributed by atoms with Crippen molar-refractivity contribution < 1.29 is 9.84 Å². The zero-order valence-electron chi connectivity index (χ0n) is 11.0. The standard InChI is InChI=1S/C14H15ClN2O3/c1-2-20-12-5-3-4-10(15)9(12)8-17-7-6-11(18)13(16)14(17)19/h3-7,18H,2,8,16H2,1H3. The van der Waals surface area contributed by atoms with E-state index in [1.54, 1.807) is 18.2 Å². The van der Waals surface area contributed by atoms with Crippen LogP contribution in [0.1, 0.15) is 12.5 Å². The van der Waals surface area contributed by atoms with Gasteiger partial charge in [0.05, 0.1) is 13.2 Å². The fraction of sp³-hybridized carbons (Fsp3) is 0.214. The Morgan fingerprint density at radius 2 is 2.15 bits per heavy atom. The van der Waals surface area contributed by atoms with Gasteiger partial charge in [0.2, 0.25) is 0 Å². The number of ether oxygens (including phenoxy) is 1. The Morgan fingerprint density at radius 1 is 1.40 bits per heavy atom. The molecule has 1 aromatic carbocycles. The van der Waals surface area contributed by atoms with E-state index in [1.807, 2.05) is 6.92 Å². The van der Waals surface area contributed by atoms with Gasteiger partial charge in [-0.1, -0.05) is 17.7 Å². The lowest BCUT2D eigenvalue weighted by Crippen LogP contribution is -2.23. The highest BCUT2D eigenvalue weighted by Crippen LogP contribution is 2.27. The van der Waals surface area contributed by atoms with Gasteiger partial charge in [0.1, 0.15) is 17.2 Å². The maximum Gasteiger partial charge on any atom is 0.277 e. The first-order valence-electron chi connectivity index (χ1n) is 6.12. The number of halogens is 1. The molecule has 0 aliphatic heterocycles. The molecule has 0 atom stereocenters. The molecule has 2 rings (SSSR count). The van der Waals surface area contributed by atoms with Crippen LogP contribution < -0.4 is 16.0 Å². The number of nitrogen functional groups attached to an aromatic ring is 1. The summed E-state index contributed by atoms with van der Waals surface area (Å²) in [7, 11) is 0. The molecular formula is C14H15ClN2O3. The van der Waals surface area contributed by atoms with Crippen molar-refractivity contribution in [2.24, 2.45) is 0 Å². The summed E-state index contributed by atoms with van der Waals surface area (Å²) < 4.78 is 6.88. The first-order chi connectivity index (χ1) is 9.54. The van der Waals surface area contributed by atoms with Gasteiger partial charge in [0, 0.05) is 16.8 Å². The number of nitrogens with two attached hydrogens (primary N) is 1. The van der Waals surface area contributed by atoms with Crippen LogP contribution in [0.5, 0.6) is 11.5 Å². The van der Waals surface area contributed by atoms with Crippen molar-refractivity contribution in [3.05, 3.63) is 51.4 Å². The van der Waals surface area contributed by atoms with Crippen LogP contribution in [0.4, 0.5) is 5.69 Å². The highest BCUT2D eigenvalue weighted by atomic mass is 35.5. The second kappa shape index (κ2) is 5.88. The molecule has 0 bridgehead atoms. The van der Waals surface area contributed by atoms with E-state index in [-0.39, 0.29) is 18.0 Å². The van der Waals surface area contributed by atoms with Crippen molar-refractivity contribution in [2.75, 3.05) is 12.3 Å². The summed E-state index contributed by atoms with van der Waals surface area (Å²) in [6, 6.07) is 6.67. The molecule has 5 nitrogen and oxygen atoms in total. The Morgan fingerprint density at radius 3 is 2.85 bits per heavy atom. The Balaban J connectivity index is 2.45. The molecule has 0 fully saturated rings. The molecule has 20 heavy (non-hydrogen) atoms. The van der Waals surface area contributed by atoms with E-state index in [0.717, 1.165) is 0 Å². The summed E-state index contributed by atoms with van der Waals surface area (Å²) in [5.74, 6) is 0.397. The summed E-state index contributed by atoms with van der Waals surface area (Å²) in [5.41, 5.74) is 5.57. The number of aromatic nitrogens is 1. The molecular weight excluding hydrogens is 280 g/mol. The lowest BCUT2D eigenvalue weighted by molar-refractivity contribution is 0.335. The molecule has 0 aliphatic rings. The molecule has 1 aromatic heterocycles. The summed E-state index contributed by atoms with van der Waals surface area (Å²) >= 11 is 6.16. The molecule has 6 heteroatoms. The van der Waals surface area contributed by atoms with Crippen LogP contribution in [0.3, 0.4) is 0 Å². The molecule has 0 amide bonds. The Bertz CT molecular complexity index is 683. The molecule has 1 heterocycles. The van der Waals surface area contributed by atoms with Crippen LogP contribution in [-0.2, 0) is 6.54 Å². The largest absolute Gasteiger partial charge is 0.506 e. The highest BCUT2D eigenvalue weighted by Gasteiger charge is 2.12. The van der Waals surface area contributed by atoms with Crippen LogP contribution in [-0.4, -0.2) is 16.3 Å². The van der Waals surface area contributed by atoms with Crippen LogP contribution in [0.15, 0.2) is 35.3 Å². The minimum atomic E-state index is -0.465. The Labute approximate surface area is 121 Å². The van der Waals surface area contributed by atoms with E-state index in [1.165, 1.54) is 16.8 Å². The van der Waals surface area contributed by atoms with Crippen molar-refractivity contribution in [1.29, 1.82) is 0 Å². The summed E-state index contributed by atoms with van der Waals surface area (Å²) in [4.78, 5) is 12.0. The quantitative estimate of drug-likeness (QED) is 0.906. The van der Waals surface area contributed by atoms with E-state index in [4.69, 9.17) is 22.1 Å². The van der Waals surface area contributed by atoms with E-state index in [9.17, 15) is 9.90 Å². The smallest absolute Gasteiger partial charge is 0.277 e. The second-order valence-corrected chi connectivity index (χ2v) is 4.60. The van der Waals surface area contributed by atoms with E-state index >= 15 is 0 Å². The van der Waals surface area contributed by atoms with Gasteiger partial charge >= 0.3 is 0 Å². The van der Waals surface area contributed by atoms with Crippen LogP contribution in [0.25, 0.3) is 0 Å². The van der Waals surface area contributed by atoms with Crippen LogP contribution in [0, 0.1) is 0 Å². The lowest BCUT2D eigenvalue weighted by atomic mass is 10.2. The minimum Gasteiger partial charge on any atom is -0.506 e. The number of hydrogen-bond acceptors (Lipinski definition) is 4. The molecule has 0 saturated carbocycles. The first-order valence-corrected chi connectivity index (χ1v) is 6.50. The zero-order valence-corrected chi connectivity index (χ0v) is 11.7. The number of anilines is 1. The number of hydrogen-bond donors (Lipinski definition) is 2. The first kappa shape index (κ1) is 14.3. The van der Waals surface area contributed by atoms with E-state index < -0.39 is 5.56 Å². The third kappa shape index (κ3) is 2.72. The monoisotopic (exact) mass is 294 g/mol. The normalized spacial score (nSPS) is 10.5. The fourth-order valence-corrected chi connectivity index (χ4v) is 2.09. The molecule has 0 radical (unpaired) electrons. The van der Waals surface area contributed by atoms with Crippen molar-refractivity contribution >= 4 is 17.3 Å². The Hall–Kier alpha value is -2.14. The SMILES string of the molecule is CCOc1cccc(Cl)c1Cn1ccc(O)c(N)c1=O. The maximum absolute atomic E-state index is 12.0. The van der Waals surface area contributed by atoms with Gasteiger partial charge in [-0.3, -0.25) is 4.79 Å². The number of pyridine rings is 1. The average molecular weight is 295 g/mol. The molecule has 0 saturated heterocycles. The molecule has 0 spiro atoms. The summed E-state index contributed by atoms with van der Waals surface area (Å²) in [6.07, 6.45) is 1.47. The van der Waals surface area contributed by atoms with E-state index in [2.05, 4.69) is 0 Å². The highest BCUT2D eigenvalue weighted by molar-refractivity contribution is 6.31. The molecule has 106 valence electrons. The van der Waals surface area contributed by atoms with Crippen molar-refractivity contribution in [3.8, 4) is 11.5 Å². The molecule has 2 aromatic rings. The van der Waals surface area contributed by atoms with Crippen LogP contribution >= 0.6 is 11.6 Å². The number of benzene rings is 1. The molecule has 3 N–H and O–H groups in total. The van der Waals surface area contributed by atoms with Crippen molar-refractivity contribution in [1.82, 2.24) is 4.57 Å². The van der Waals surface area contributed by atoms with Gasteiger partial charge in [-0.25, -0.2) is 0 Å². The van der Waals surface area contributed by atoms with Gasteiger partial charge in [0.25, 0.3) is 5.56 Å². The third-order valence-corrected chi connectivity index (χ3v) is 3.24. The van der Waals surface area contributed by atoms with Gasteiger partial charge in [-0.15, -0.1) is 0 Å². The summed E-state index contributed by atoms with van der Waals surface area (Å²) in [5, 5.41) is 9.90. The number of rotatable bonds is 4. The molecule has 0 aliphatic carbocycles. The van der Waals surface area contributed by atoms with Gasteiger partial charge in [0.15, 0.2) is 0 Å². The van der Waals surface area contributed by atoms with E-state index in [0.29, 0.717) is 22.9 Å². The average Bonchev–Trinajstić information content (AvgIpc) is 2.43. The minimum absolute atomic E-state index is 0.183. The maximum atomic E-state index is 12.0. The third-order valence-electron chi connectivity index (χ3n) is 2.88. The van der Waals surface area contributed by atoms with Crippen molar-refractivity contribution in [2.45, 2.75) is 13.5 Å². The van der Waals surface area contributed by atoms with Crippen LogP contribution in [0.2, 0.25) is 5.02 Å². The summed E-state index contributed by atoms with van der Waals surface area (Å²) in [6.45, 7) is 2.59. The van der Waals surface area contributed by atoms with Gasteiger partial charge < -0.3 is 20.1 Å². The second-order valence-electron chi connectivity index (χ2n) is 4.20. The van der Waals surface area contributed by atoms with Gasteiger partial charge in [-0.2, -0.15) is 0 Å². The Kier molecular flexibility index (Phi) is 4.20. The lowest BCUT2D eigenvalue weighted by Gasteiger charge is -2.13. The van der Waals surface area contributed by atoms with Gasteiger partial charge in [-0.05, 0) is 25.1 Å². The topological polar surface area (TPSA) is 77.5 Å². The number of aromatic hydroxyl groups is 1. The van der Waals surface area contributed by atoms with Crippen molar-refractivity contribution in [3.63, 3.8) is 0 Å². The fourth-order valence-electron chi connectivity index (χ4n) is 1.86. The number of nitrogens with zero attached hydrogens (tertiary/aromatic N) is 1. The molecule has 0 unspecified atom stereocenters. The zero-order chi connectivity index (χ0) is 14.7. The predicted molar refractivity (Wildman–Crippen MR) is 78.5 cm³/mol.